The van der Waals surface area contributed by atoms with Gasteiger partial charge in [0.05, 0.1) is 5.54 Å². The van der Waals surface area contributed by atoms with Gasteiger partial charge in [0.2, 0.25) is 0 Å². The van der Waals surface area contributed by atoms with E-state index in [4.69, 9.17) is 4.74 Å². The molecule has 154 valence electrons. The van der Waals surface area contributed by atoms with Gasteiger partial charge in [-0.3, -0.25) is 10.6 Å². The van der Waals surface area contributed by atoms with E-state index in [1.54, 1.807) is 23.9 Å². The number of rotatable bonds is 4. The number of hydrogen-bond donors (Lipinski definition) is 3. The summed E-state index contributed by atoms with van der Waals surface area (Å²) in [6, 6.07) is 15.8. The van der Waals surface area contributed by atoms with E-state index in [2.05, 4.69) is 59.1 Å². The van der Waals surface area contributed by atoms with Gasteiger partial charge in [0.25, 0.3) is 0 Å². The maximum absolute atomic E-state index is 10.1. The highest BCUT2D eigenvalue weighted by Gasteiger charge is 2.54. The molecule has 0 aliphatic carbocycles. The Balaban J connectivity index is 1.81. The molecule has 3 N–H and O–H groups in total. The first-order chi connectivity index (χ1) is 13.7. The van der Waals surface area contributed by atoms with Gasteiger partial charge in [0, 0.05) is 29.3 Å². The minimum absolute atomic E-state index is 0.104. The van der Waals surface area contributed by atoms with Crippen LogP contribution >= 0.6 is 27.7 Å². The SMILES string of the molecule is C=CCS[C@]1(Br)NC(C)(C)C[C@]2(C[C@H](c3ccccc3)Oc3cc(O)ccc32)N1. The van der Waals surface area contributed by atoms with E-state index in [0.29, 0.717) is 0 Å². The van der Waals surface area contributed by atoms with Crippen molar-refractivity contribution in [3.8, 4) is 11.5 Å². The van der Waals surface area contributed by atoms with Gasteiger partial charge < -0.3 is 9.84 Å². The average molecular weight is 475 g/mol. The second-order valence-corrected chi connectivity index (χ2v) is 11.4. The van der Waals surface area contributed by atoms with Crippen LogP contribution in [0.15, 0.2) is 61.2 Å². The summed E-state index contributed by atoms with van der Waals surface area (Å²) in [7, 11) is 0. The molecule has 2 aliphatic rings. The monoisotopic (exact) mass is 474 g/mol. The number of ether oxygens (including phenoxy) is 1. The molecule has 2 aromatic rings. The van der Waals surface area contributed by atoms with E-state index in [9.17, 15) is 5.11 Å². The Labute approximate surface area is 185 Å². The molecule has 6 heteroatoms. The number of benzene rings is 2. The van der Waals surface area contributed by atoms with Gasteiger partial charge in [-0.1, -0.05) is 36.4 Å². The molecule has 0 bridgehead atoms. The number of phenolic OH excluding ortho intramolecular Hbond substituents is 1. The van der Waals surface area contributed by atoms with Crippen LogP contribution in [0.3, 0.4) is 0 Å². The summed E-state index contributed by atoms with van der Waals surface area (Å²) in [4.78, 5) is 0. The number of halogens is 1. The number of alkyl halides is 1. The zero-order chi connectivity index (χ0) is 20.7. The van der Waals surface area contributed by atoms with Gasteiger partial charge in [-0.05, 0) is 53.9 Å². The smallest absolute Gasteiger partial charge is 0.176 e. The number of nitrogens with one attached hydrogen (secondary N) is 2. The largest absolute Gasteiger partial charge is 0.508 e. The van der Waals surface area contributed by atoms with Gasteiger partial charge in [-0.15, -0.1) is 18.3 Å². The van der Waals surface area contributed by atoms with Gasteiger partial charge in [0.1, 0.15) is 17.6 Å². The topological polar surface area (TPSA) is 53.5 Å². The Morgan fingerprint density at radius 3 is 2.72 bits per heavy atom. The zero-order valence-electron chi connectivity index (χ0n) is 16.7. The van der Waals surface area contributed by atoms with Crippen molar-refractivity contribution in [1.29, 1.82) is 0 Å². The molecular weight excluding hydrogens is 448 g/mol. The molecular formula is C23H27BrN2O2S. The van der Waals surface area contributed by atoms with Crippen molar-refractivity contribution >= 4 is 27.7 Å². The third-order valence-corrected chi connectivity index (χ3v) is 7.59. The first-order valence-electron chi connectivity index (χ1n) is 9.82. The lowest BCUT2D eigenvalue weighted by Crippen LogP contribution is -2.71. The standard InChI is InChI=1S/C23H27BrN2O2S/c1-4-12-29-23(24)25-21(2,3)15-22(26-23)14-20(16-8-6-5-7-9-16)28-19-13-17(27)10-11-18(19)22/h4-11,13,20,25-27H,1,12,14-15H2,2-3H3/t20-,22+,23-/m1/s1. The van der Waals surface area contributed by atoms with Crippen LogP contribution in [-0.2, 0) is 5.54 Å². The summed E-state index contributed by atoms with van der Waals surface area (Å²) < 4.78 is 5.88. The van der Waals surface area contributed by atoms with Crippen LogP contribution in [0.5, 0.6) is 11.5 Å². The number of aromatic hydroxyl groups is 1. The van der Waals surface area contributed by atoms with Crippen LogP contribution < -0.4 is 15.4 Å². The third-order valence-electron chi connectivity index (χ3n) is 5.50. The highest BCUT2D eigenvalue weighted by Crippen LogP contribution is 2.53. The number of phenols is 1. The van der Waals surface area contributed by atoms with Crippen molar-refractivity contribution in [3.05, 3.63) is 72.3 Å². The average Bonchev–Trinajstić information content (AvgIpc) is 2.65. The van der Waals surface area contributed by atoms with Crippen molar-refractivity contribution < 1.29 is 9.84 Å². The molecule has 4 nitrogen and oxygen atoms in total. The molecule has 2 aliphatic heterocycles. The second-order valence-electron chi connectivity index (χ2n) is 8.49. The number of hydrogen-bond acceptors (Lipinski definition) is 5. The highest BCUT2D eigenvalue weighted by molar-refractivity contribution is 9.11. The van der Waals surface area contributed by atoms with Crippen LogP contribution in [0, 0.1) is 0 Å². The summed E-state index contributed by atoms with van der Waals surface area (Å²) in [5, 5.41) is 17.7. The molecule has 0 saturated carbocycles. The normalized spacial score (nSPS) is 30.4. The Morgan fingerprint density at radius 1 is 1.24 bits per heavy atom. The van der Waals surface area contributed by atoms with Crippen molar-refractivity contribution in [2.75, 3.05) is 5.75 Å². The van der Waals surface area contributed by atoms with Crippen LogP contribution in [-0.4, -0.2) is 20.3 Å². The fourth-order valence-corrected chi connectivity index (χ4v) is 6.90. The molecule has 1 spiro atoms. The maximum Gasteiger partial charge on any atom is 0.176 e. The van der Waals surface area contributed by atoms with E-state index in [0.717, 1.165) is 35.5 Å². The molecule has 1 saturated heterocycles. The molecule has 2 aromatic carbocycles. The Hall–Kier alpha value is -1.47. The number of thioether (sulfide) groups is 1. The Bertz CT molecular complexity index is 907. The molecule has 2 heterocycles. The van der Waals surface area contributed by atoms with Crippen LogP contribution in [0.25, 0.3) is 0 Å². The fraction of sp³-hybridized carbons (Fsp3) is 0.391. The quantitative estimate of drug-likeness (QED) is 0.314. The van der Waals surface area contributed by atoms with Crippen molar-refractivity contribution in [3.63, 3.8) is 0 Å². The van der Waals surface area contributed by atoms with E-state index >= 15 is 0 Å². The minimum Gasteiger partial charge on any atom is -0.508 e. The molecule has 3 atom stereocenters. The van der Waals surface area contributed by atoms with E-state index in [-0.39, 0.29) is 22.9 Å². The summed E-state index contributed by atoms with van der Waals surface area (Å²) >= 11 is 5.66. The fourth-order valence-electron chi connectivity index (χ4n) is 4.63. The molecule has 0 amide bonds. The van der Waals surface area contributed by atoms with E-state index in [1.807, 2.05) is 30.3 Å². The summed E-state index contributed by atoms with van der Waals surface area (Å²) in [5.74, 6) is 1.75. The first-order valence-corrected chi connectivity index (χ1v) is 11.6. The number of fused-ring (bicyclic) bond motifs is 2. The van der Waals surface area contributed by atoms with Gasteiger partial charge in [-0.2, -0.15) is 0 Å². The van der Waals surface area contributed by atoms with Crippen LogP contribution in [0.4, 0.5) is 0 Å². The van der Waals surface area contributed by atoms with Gasteiger partial charge in [0.15, 0.2) is 3.90 Å². The molecule has 0 unspecified atom stereocenters. The van der Waals surface area contributed by atoms with Gasteiger partial charge in [-0.25, -0.2) is 0 Å². The van der Waals surface area contributed by atoms with Crippen LogP contribution in [0.1, 0.15) is 43.9 Å². The summed E-state index contributed by atoms with van der Waals surface area (Å²) in [6.45, 7) is 8.33. The lowest BCUT2D eigenvalue weighted by atomic mass is 9.72. The lowest BCUT2D eigenvalue weighted by molar-refractivity contribution is 0.0469. The Morgan fingerprint density at radius 2 is 2.00 bits per heavy atom. The minimum atomic E-state index is -0.503. The van der Waals surface area contributed by atoms with Gasteiger partial charge >= 0.3 is 0 Å². The van der Waals surface area contributed by atoms with Crippen molar-refractivity contribution in [2.24, 2.45) is 0 Å². The molecule has 0 aromatic heterocycles. The lowest BCUT2D eigenvalue weighted by Gasteiger charge is -2.56. The zero-order valence-corrected chi connectivity index (χ0v) is 19.1. The highest BCUT2D eigenvalue weighted by atomic mass is 79.9. The second kappa shape index (κ2) is 7.65. The van der Waals surface area contributed by atoms with E-state index < -0.39 is 3.90 Å². The molecule has 0 radical (unpaired) electrons. The summed E-state index contributed by atoms with van der Waals surface area (Å²) in [6.07, 6.45) is 3.48. The molecule has 29 heavy (non-hydrogen) atoms. The first kappa shape index (κ1) is 20.8. The molecule has 4 rings (SSSR count). The van der Waals surface area contributed by atoms with Crippen molar-refractivity contribution in [2.45, 2.75) is 47.8 Å². The predicted molar refractivity (Wildman–Crippen MR) is 123 cm³/mol. The third kappa shape index (κ3) is 4.22. The maximum atomic E-state index is 10.1. The molecule has 1 fully saturated rings. The van der Waals surface area contributed by atoms with Crippen molar-refractivity contribution in [1.82, 2.24) is 10.6 Å². The summed E-state index contributed by atoms with van der Waals surface area (Å²) in [5.41, 5.74) is 1.77. The predicted octanol–water partition coefficient (Wildman–Crippen LogP) is 5.40. The van der Waals surface area contributed by atoms with Crippen LogP contribution in [0.2, 0.25) is 0 Å². The Kier molecular flexibility index (Phi) is 5.49. The van der Waals surface area contributed by atoms with E-state index in [1.165, 1.54) is 0 Å².